The van der Waals surface area contributed by atoms with Crippen molar-refractivity contribution in [3.8, 4) is 5.69 Å². The van der Waals surface area contributed by atoms with Gasteiger partial charge in [0.15, 0.2) is 0 Å². The minimum absolute atomic E-state index is 0.0807. The molecule has 0 atom stereocenters. The van der Waals surface area contributed by atoms with Crippen LogP contribution >= 0.6 is 0 Å². The Morgan fingerprint density at radius 1 is 1.00 bits per heavy atom. The molecule has 0 amide bonds. The average molecular weight is 278 g/mol. The first kappa shape index (κ1) is 13.4. The molecule has 0 spiro atoms. The van der Waals surface area contributed by atoms with Gasteiger partial charge in [0.25, 0.3) is 5.56 Å². The number of benzene rings is 2. The summed E-state index contributed by atoms with van der Waals surface area (Å²) in [5, 5.41) is 1.55. The van der Waals surface area contributed by atoms with E-state index in [1.54, 1.807) is 4.57 Å². The van der Waals surface area contributed by atoms with Gasteiger partial charge in [0.1, 0.15) is 5.82 Å². The van der Waals surface area contributed by atoms with Crippen LogP contribution in [0, 0.1) is 0 Å². The van der Waals surface area contributed by atoms with Gasteiger partial charge in [0.05, 0.1) is 5.69 Å². The fourth-order valence-electron chi connectivity index (χ4n) is 2.55. The minimum Gasteiger partial charge on any atom is -0.385 e. The van der Waals surface area contributed by atoms with Crippen LogP contribution in [-0.2, 0) is 0 Å². The maximum absolute atomic E-state index is 12.7. The monoisotopic (exact) mass is 278 g/mol. The maximum atomic E-state index is 12.7. The van der Waals surface area contributed by atoms with Crippen molar-refractivity contribution in [2.45, 2.75) is 19.8 Å². The topological polar surface area (TPSA) is 48.0 Å². The van der Waals surface area contributed by atoms with Crippen molar-refractivity contribution in [3.63, 3.8) is 0 Å². The molecule has 1 heterocycles. The minimum atomic E-state index is -0.0807. The molecule has 106 valence electrons. The van der Waals surface area contributed by atoms with Gasteiger partial charge in [0.2, 0.25) is 0 Å². The largest absolute Gasteiger partial charge is 0.385 e. The second kappa shape index (κ2) is 5.09. The van der Waals surface area contributed by atoms with E-state index in [0.717, 1.165) is 11.1 Å². The number of hydrogen-bond donors (Lipinski definition) is 1. The van der Waals surface area contributed by atoms with E-state index in [1.165, 1.54) is 5.56 Å². The third-order valence-electron chi connectivity index (χ3n) is 3.77. The van der Waals surface area contributed by atoms with Crippen molar-refractivity contribution in [2.24, 2.45) is 0 Å². The summed E-state index contributed by atoms with van der Waals surface area (Å²) in [6.45, 7) is 4.29. The molecule has 3 rings (SSSR count). The van der Waals surface area contributed by atoms with Crippen LogP contribution in [0.15, 0.2) is 59.4 Å². The lowest BCUT2D eigenvalue weighted by Crippen LogP contribution is -2.21. The van der Waals surface area contributed by atoms with Gasteiger partial charge in [0, 0.05) is 5.39 Å². The molecule has 2 aromatic carbocycles. The zero-order chi connectivity index (χ0) is 15.0. The Bertz CT molecular complexity index is 845. The smallest absolute Gasteiger partial charge is 0.264 e. The van der Waals surface area contributed by atoms with Crippen molar-refractivity contribution < 1.29 is 0 Å². The number of anilines is 1. The number of fused-ring (bicyclic) bond motifs is 1. The van der Waals surface area contributed by atoms with Crippen LogP contribution in [0.2, 0.25) is 0 Å². The highest BCUT2D eigenvalue weighted by Gasteiger charge is 2.09. The lowest BCUT2D eigenvalue weighted by Gasteiger charge is -2.12. The van der Waals surface area contributed by atoms with Gasteiger partial charge >= 0.3 is 0 Å². The highest BCUT2D eigenvalue weighted by atomic mass is 16.1. The molecule has 0 aliphatic carbocycles. The molecule has 3 aromatic rings. The van der Waals surface area contributed by atoms with Gasteiger partial charge in [-0.2, -0.15) is 0 Å². The maximum Gasteiger partial charge on any atom is 0.264 e. The summed E-state index contributed by atoms with van der Waals surface area (Å²) in [7, 11) is 0. The van der Waals surface area contributed by atoms with Gasteiger partial charge in [-0.3, -0.25) is 9.36 Å². The molecule has 3 nitrogen and oxygen atoms in total. The molecule has 0 unspecified atom stereocenters. The summed E-state index contributed by atoms with van der Waals surface area (Å²) in [6.07, 6.45) is 0. The number of hydrogen-bond acceptors (Lipinski definition) is 2. The molecule has 0 aliphatic heterocycles. The van der Waals surface area contributed by atoms with Gasteiger partial charge in [-0.1, -0.05) is 44.2 Å². The second-order valence-electron chi connectivity index (χ2n) is 5.54. The van der Waals surface area contributed by atoms with E-state index in [4.69, 9.17) is 5.73 Å². The summed E-state index contributed by atoms with van der Waals surface area (Å²) >= 11 is 0. The van der Waals surface area contributed by atoms with E-state index in [9.17, 15) is 4.79 Å². The highest BCUT2D eigenvalue weighted by molar-refractivity contribution is 5.84. The van der Waals surface area contributed by atoms with E-state index < -0.39 is 0 Å². The number of nitrogens with zero attached hydrogens (tertiary/aromatic N) is 1. The quantitative estimate of drug-likeness (QED) is 0.777. The Morgan fingerprint density at radius 3 is 2.33 bits per heavy atom. The standard InChI is InChI=1S/C18H18N2O/c1-12(2)13-7-9-15(10-8-13)20-17(19)11-14-5-3-4-6-16(14)18(20)21/h3-12H,19H2,1-2H3. The molecule has 21 heavy (non-hydrogen) atoms. The summed E-state index contributed by atoms with van der Waals surface area (Å²) in [6, 6.07) is 17.3. The first-order valence-corrected chi connectivity index (χ1v) is 7.08. The third-order valence-corrected chi connectivity index (χ3v) is 3.77. The van der Waals surface area contributed by atoms with Crippen molar-refractivity contribution in [1.29, 1.82) is 0 Å². The van der Waals surface area contributed by atoms with Crippen LogP contribution in [0.5, 0.6) is 0 Å². The third kappa shape index (κ3) is 2.31. The summed E-state index contributed by atoms with van der Waals surface area (Å²) in [5.41, 5.74) is 8.04. The summed E-state index contributed by atoms with van der Waals surface area (Å²) < 4.78 is 1.56. The van der Waals surface area contributed by atoms with E-state index in [-0.39, 0.29) is 5.56 Å². The predicted molar refractivity (Wildman–Crippen MR) is 88.0 cm³/mol. The number of aromatic nitrogens is 1. The highest BCUT2D eigenvalue weighted by Crippen LogP contribution is 2.20. The molecule has 2 N–H and O–H groups in total. The van der Waals surface area contributed by atoms with Crippen molar-refractivity contribution in [2.75, 3.05) is 5.73 Å². The van der Waals surface area contributed by atoms with Crippen LogP contribution in [-0.4, -0.2) is 4.57 Å². The van der Waals surface area contributed by atoms with Crippen LogP contribution in [0.3, 0.4) is 0 Å². The van der Waals surface area contributed by atoms with Gasteiger partial charge in [-0.15, -0.1) is 0 Å². The normalized spacial score (nSPS) is 11.2. The molecule has 0 saturated heterocycles. The molecular weight excluding hydrogens is 260 g/mol. The zero-order valence-corrected chi connectivity index (χ0v) is 12.2. The SMILES string of the molecule is CC(C)c1ccc(-n2c(N)cc3ccccc3c2=O)cc1. The van der Waals surface area contributed by atoms with Crippen molar-refractivity contribution in [3.05, 3.63) is 70.5 Å². The zero-order valence-electron chi connectivity index (χ0n) is 12.2. The number of rotatable bonds is 2. The first-order chi connectivity index (χ1) is 10.1. The van der Waals surface area contributed by atoms with E-state index >= 15 is 0 Å². The van der Waals surface area contributed by atoms with E-state index in [0.29, 0.717) is 17.1 Å². The van der Waals surface area contributed by atoms with Gasteiger partial charge in [-0.25, -0.2) is 0 Å². The average Bonchev–Trinajstić information content (AvgIpc) is 2.48. The molecule has 0 bridgehead atoms. The first-order valence-electron chi connectivity index (χ1n) is 7.08. The Morgan fingerprint density at radius 2 is 1.67 bits per heavy atom. The predicted octanol–water partition coefficient (Wildman–Crippen LogP) is 3.70. The van der Waals surface area contributed by atoms with Crippen molar-refractivity contribution in [1.82, 2.24) is 4.57 Å². The molecular formula is C18H18N2O. The number of pyridine rings is 1. The molecule has 0 radical (unpaired) electrons. The molecule has 0 fully saturated rings. The fraction of sp³-hybridized carbons (Fsp3) is 0.167. The van der Waals surface area contributed by atoms with Gasteiger partial charge < -0.3 is 5.73 Å². The van der Waals surface area contributed by atoms with Crippen LogP contribution in [0.25, 0.3) is 16.5 Å². The van der Waals surface area contributed by atoms with Crippen molar-refractivity contribution >= 4 is 16.6 Å². The fourth-order valence-corrected chi connectivity index (χ4v) is 2.55. The molecule has 0 aliphatic rings. The second-order valence-corrected chi connectivity index (χ2v) is 5.54. The van der Waals surface area contributed by atoms with E-state index in [2.05, 4.69) is 13.8 Å². The summed E-state index contributed by atoms with van der Waals surface area (Å²) in [4.78, 5) is 12.7. The van der Waals surface area contributed by atoms with Crippen LogP contribution in [0.4, 0.5) is 5.82 Å². The molecule has 3 heteroatoms. The summed E-state index contributed by atoms with van der Waals surface area (Å²) in [5.74, 6) is 0.917. The Balaban J connectivity index is 2.22. The Labute approximate surface area is 123 Å². The number of nitrogens with two attached hydrogens (primary N) is 1. The van der Waals surface area contributed by atoms with Crippen LogP contribution < -0.4 is 11.3 Å². The Hall–Kier alpha value is -2.55. The molecule has 1 aromatic heterocycles. The van der Waals surface area contributed by atoms with Crippen LogP contribution in [0.1, 0.15) is 25.3 Å². The van der Waals surface area contributed by atoms with Gasteiger partial charge in [-0.05, 0) is 41.1 Å². The molecule has 0 saturated carbocycles. The van der Waals surface area contributed by atoms with E-state index in [1.807, 2.05) is 54.6 Å². The number of nitrogen functional groups attached to an aromatic ring is 1. The Kier molecular flexibility index (Phi) is 3.26. The lowest BCUT2D eigenvalue weighted by molar-refractivity contribution is 0.864. The lowest BCUT2D eigenvalue weighted by atomic mass is 10.0.